The number of nitrogens with zero attached hydrogens (tertiary/aromatic N) is 3. The van der Waals surface area contributed by atoms with E-state index in [0.717, 1.165) is 33.7 Å². The molecule has 2 rings (SSSR count). The summed E-state index contributed by atoms with van der Waals surface area (Å²) in [6.07, 6.45) is 0. The minimum atomic E-state index is 0.664. The normalized spacial score (nSPS) is 10.3. The molecule has 4 nitrogen and oxygen atoms in total. The third kappa shape index (κ3) is 2.86. The molecule has 0 aliphatic heterocycles. The predicted molar refractivity (Wildman–Crippen MR) is 83.6 cm³/mol. The molecule has 0 fully saturated rings. The summed E-state index contributed by atoms with van der Waals surface area (Å²) < 4.78 is 3.02. The Labute approximate surface area is 127 Å². The van der Waals surface area contributed by atoms with Gasteiger partial charge in [0.2, 0.25) is 0 Å². The molecule has 0 saturated carbocycles. The van der Waals surface area contributed by atoms with Crippen LogP contribution in [0.1, 0.15) is 29.4 Å². The minimum absolute atomic E-state index is 0.664. The van der Waals surface area contributed by atoms with Gasteiger partial charge in [-0.15, -0.1) is 0 Å². The molecule has 0 aliphatic rings. The maximum atomic E-state index is 8.97. The number of benzene rings is 1. The number of halogens is 1. The van der Waals surface area contributed by atoms with Crippen molar-refractivity contribution in [3.63, 3.8) is 0 Å². The van der Waals surface area contributed by atoms with Crippen molar-refractivity contribution in [3.05, 3.63) is 45.2 Å². The molecule has 1 aromatic carbocycles. The smallest absolute Gasteiger partial charge is 0.0992 e. The summed E-state index contributed by atoms with van der Waals surface area (Å²) in [7, 11) is 0. The molecule has 5 heteroatoms. The lowest BCUT2D eigenvalue weighted by atomic mass is 10.1. The topological polar surface area (TPSA) is 53.6 Å². The van der Waals surface area contributed by atoms with Gasteiger partial charge in [-0.2, -0.15) is 10.4 Å². The zero-order valence-corrected chi connectivity index (χ0v) is 13.5. The van der Waals surface area contributed by atoms with Crippen molar-refractivity contribution in [3.8, 4) is 6.07 Å². The number of nitriles is 1. The quantitative estimate of drug-likeness (QED) is 0.927. The Bertz CT molecular complexity index is 667. The Balaban J connectivity index is 2.23. The second-order valence-corrected chi connectivity index (χ2v) is 5.45. The largest absolute Gasteiger partial charge is 0.379 e. The molecule has 0 atom stereocenters. The van der Waals surface area contributed by atoms with Crippen LogP contribution in [0.2, 0.25) is 0 Å². The summed E-state index contributed by atoms with van der Waals surface area (Å²) in [5, 5.41) is 16.8. The van der Waals surface area contributed by atoms with Gasteiger partial charge in [-0.1, -0.05) is 6.07 Å². The third-order valence-corrected chi connectivity index (χ3v) is 4.30. The Hall–Kier alpha value is -1.80. The van der Waals surface area contributed by atoms with Gasteiger partial charge >= 0.3 is 0 Å². The molecule has 0 aliphatic carbocycles. The molecule has 1 aromatic heterocycles. The van der Waals surface area contributed by atoms with Gasteiger partial charge in [0, 0.05) is 12.2 Å². The summed E-state index contributed by atoms with van der Waals surface area (Å²) >= 11 is 3.59. The van der Waals surface area contributed by atoms with E-state index in [1.807, 2.05) is 36.7 Å². The van der Waals surface area contributed by atoms with E-state index in [0.29, 0.717) is 12.1 Å². The Morgan fingerprint density at radius 1 is 1.40 bits per heavy atom. The first-order chi connectivity index (χ1) is 9.56. The summed E-state index contributed by atoms with van der Waals surface area (Å²) in [5.74, 6) is 0. The van der Waals surface area contributed by atoms with Crippen molar-refractivity contribution in [1.29, 1.82) is 5.26 Å². The van der Waals surface area contributed by atoms with Crippen LogP contribution in [0.5, 0.6) is 0 Å². The molecule has 0 unspecified atom stereocenters. The summed E-state index contributed by atoms with van der Waals surface area (Å²) in [4.78, 5) is 0. The van der Waals surface area contributed by atoms with Crippen molar-refractivity contribution in [2.75, 3.05) is 5.32 Å². The van der Waals surface area contributed by atoms with E-state index < -0.39 is 0 Å². The van der Waals surface area contributed by atoms with Crippen LogP contribution in [0.4, 0.5) is 5.69 Å². The number of nitrogens with one attached hydrogen (secondary N) is 1. The predicted octanol–water partition coefficient (Wildman–Crippen LogP) is 3.77. The molecular weight excluding hydrogens is 316 g/mol. The van der Waals surface area contributed by atoms with Gasteiger partial charge < -0.3 is 5.32 Å². The Morgan fingerprint density at radius 3 is 2.80 bits per heavy atom. The second kappa shape index (κ2) is 6.10. The van der Waals surface area contributed by atoms with E-state index in [-0.39, 0.29) is 0 Å². The SMILES string of the molecule is CCn1nc(C)c(Br)c1CNc1cc(C#N)ccc1C. The second-order valence-electron chi connectivity index (χ2n) is 4.66. The lowest BCUT2D eigenvalue weighted by Gasteiger charge is -2.11. The fourth-order valence-electron chi connectivity index (χ4n) is 2.10. The van der Waals surface area contributed by atoms with Crippen LogP contribution in [0.25, 0.3) is 0 Å². The molecule has 0 spiro atoms. The lowest BCUT2D eigenvalue weighted by molar-refractivity contribution is 0.622. The van der Waals surface area contributed by atoms with Gasteiger partial charge in [-0.05, 0) is 54.4 Å². The maximum absolute atomic E-state index is 8.97. The number of rotatable bonds is 4. The minimum Gasteiger partial charge on any atom is -0.379 e. The molecule has 2 aromatic rings. The highest BCUT2D eigenvalue weighted by atomic mass is 79.9. The highest BCUT2D eigenvalue weighted by Gasteiger charge is 2.12. The highest BCUT2D eigenvalue weighted by molar-refractivity contribution is 9.10. The first kappa shape index (κ1) is 14.6. The van der Waals surface area contributed by atoms with Crippen LogP contribution in [-0.2, 0) is 13.1 Å². The molecule has 0 bridgehead atoms. The van der Waals surface area contributed by atoms with Crippen molar-refractivity contribution in [2.24, 2.45) is 0 Å². The van der Waals surface area contributed by atoms with Crippen molar-refractivity contribution in [2.45, 2.75) is 33.9 Å². The van der Waals surface area contributed by atoms with Crippen molar-refractivity contribution >= 4 is 21.6 Å². The van der Waals surface area contributed by atoms with Crippen LogP contribution >= 0.6 is 15.9 Å². The lowest BCUT2D eigenvalue weighted by Crippen LogP contribution is -2.09. The van der Waals surface area contributed by atoms with E-state index in [1.54, 1.807) is 0 Å². The molecule has 20 heavy (non-hydrogen) atoms. The van der Waals surface area contributed by atoms with Crippen molar-refractivity contribution in [1.82, 2.24) is 9.78 Å². The van der Waals surface area contributed by atoms with Crippen LogP contribution in [0.15, 0.2) is 22.7 Å². The van der Waals surface area contributed by atoms with Gasteiger partial charge in [0.1, 0.15) is 0 Å². The number of anilines is 1. The number of aromatic nitrogens is 2. The number of aryl methyl sites for hydroxylation is 3. The summed E-state index contributed by atoms with van der Waals surface area (Å²) in [5.41, 5.74) is 4.88. The van der Waals surface area contributed by atoms with Crippen LogP contribution in [-0.4, -0.2) is 9.78 Å². The van der Waals surface area contributed by atoms with Crippen LogP contribution in [0, 0.1) is 25.2 Å². The van der Waals surface area contributed by atoms with Gasteiger partial charge in [0.25, 0.3) is 0 Å². The zero-order valence-electron chi connectivity index (χ0n) is 11.9. The van der Waals surface area contributed by atoms with Gasteiger partial charge in [0.15, 0.2) is 0 Å². The Kier molecular flexibility index (Phi) is 4.46. The molecule has 1 N–H and O–H groups in total. The fourth-order valence-corrected chi connectivity index (χ4v) is 2.52. The average Bonchev–Trinajstić information content (AvgIpc) is 2.73. The van der Waals surface area contributed by atoms with E-state index in [2.05, 4.69) is 39.3 Å². The Morgan fingerprint density at radius 2 is 2.15 bits per heavy atom. The standard InChI is InChI=1S/C15H17BrN4/c1-4-20-14(15(16)11(3)19-20)9-18-13-7-12(8-17)6-5-10(13)2/h5-7,18H,4,9H2,1-3H3. The molecular formula is C15H17BrN4. The molecule has 1 heterocycles. The first-order valence-corrected chi connectivity index (χ1v) is 7.32. The van der Waals surface area contributed by atoms with Gasteiger partial charge in [0.05, 0.1) is 34.0 Å². The van der Waals surface area contributed by atoms with E-state index in [1.165, 1.54) is 0 Å². The van der Waals surface area contributed by atoms with E-state index in [4.69, 9.17) is 5.26 Å². The fraction of sp³-hybridized carbons (Fsp3) is 0.333. The summed E-state index contributed by atoms with van der Waals surface area (Å²) in [6.45, 7) is 7.60. The van der Waals surface area contributed by atoms with Crippen LogP contribution < -0.4 is 5.32 Å². The first-order valence-electron chi connectivity index (χ1n) is 6.53. The molecule has 0 saturated heterocycles. The van der Waals surface area contributed by atoms with Gasteiger partial charge in [-0.3, -0.25) is 4.68 Å². The maximum Gasteiger partial charge on any atom is 0.0992 e. The van der Waals surface area contributed by atoms with Gasteiger partial charge in [-0.25, -0.2) is 0 Å². The van der Waals surface area contributed by atoms with E-state index in [9.17, 15) is 0 Å². The zero-order chi connectivity index (χ0) is 14.7. The number of hydrogen-bond acceptors (Lipinski definition) is 3. The summed E-state index contributed by atoms with van der Waals surface area (Å²) in [6, 6.07) is 7.83. The van der Waals surface area contributed by atoms with E-state index >= 15 is 0 Å². The van der Waals surface area contributed by atoms with Crippen LogP contribution in [0.3, 0.4) is 0 Å². The monoisotopic (exact) mass is 332 g/mol. The average molecular weight is 333 g/mol. The third-order valence-electron chi connectivity index (χ3n) is 3.27. The molecule has 0 radical (unpaired) electrons. The molecule has 104 valence electrons. The van der Waals surface area contributed by atoms with Crippen molar-refractivity contribution < 1.29 is 0 Å². The number of hydrogen-bond donors (Lipinski definition) is 1. The molecule has 0 amide bonds. The highest BCUT2D eigenvalue weighted by Crippen LogP contribution is 2.23.